The van der Waals surface area contributed by atoms with Crippen molar-refractivity contribution in [2.75, 3.05) is 37.2 Å². The summed E-state index contributed by atoms with van der Waals surface area (Å²) in [6.45, 7) is 8.07. The van der Waals surface area contributed by atoms with Gasteiger partial charge in [-0.2, -0.15) is 0 Å². The largest absolute Gasteiger partial charge is 0.497 e. The molecule has 2 rings (SSSR count). The molecule has 0 fully saturated rings. The molecule has 0 aliphatic heterocycles. The lowest BCUT2D eigenvalue weighted by Crippen LogP contribution is -2.38. The Morgan fingerprint density at radius 2 is 1.77 bits per heavy atom. The van der Waals surface area contributed by atoms with Crippen molar-refractivity contribution in [2.45, 2.75) is 33.2 Å². The fourth-order valence-electron chi connectivity index (χ4n) is 3.49. The van der Waals surface area contributed by atoms with E-state index in [1.54, 1.807) is 38.3 Å². The Kier molecular flexibility index (Phi) is 9.33. The number of hydrogen-bond acceptors (Lipinski definition) is 5. The molecule has 0 unspecified atom stereocenters. The Hall–Kier alpha value is -2.58. The number of ether oxygens (including phenoxy) is 1. The summed E-state index contributed by atoms with van der Waals surface area (Å²) >= 11 is 0. The number of carbonyl (C=O) groups excluding carboxylic acids is 1. The van der Waals surface area contributed by atoms with E-state index in [4.69, 9.17) is 4.74 Å². The van der Waals surface area contributed by atoms with E-state index in [0.29, 0.717) is 24.2 Å². The van der Waals surface area contributed by atoms with E-state index in [9.17, 15) is 13.2 Å². The highest BCUT2D eigenvalue weighted by Gasteiger charge is 2.20. The summed E-state index contributed by atoms with van der Waals surface area (Å²) in [4.78, 5) is 15.1. The average molecular weight is 448 g/mol. The molecule has 0 radical (unpaired) electrons. The first-order chi connectivity index (χ1) is 14.8. The zero-order valence-electron chi connectivity index (χ0n) is 18.7. The Bertz CT molecular complexity index is 959. The SMILES string of the molecule is CCCS(=O)(=O)Nc1cccc(C(=O)NC[C@H](c2cccc(OC)c2)N(CC)CC)c1. The highest BCUT2D eigenvalue weighted by molar-refractivity contribution is 7.92. The third kappa shape index (κ3) is 7.25. The maximum atomic E-state index is 12.8. The first-order valence-corrected chi connectivity index (χ1v) is 12.3. The molecule has 1 atom stereocenters. The molecule has 0 aliphatic carbocycles. The molecule has 0 saturated carbocycles. The van der Waals surface area contributed by atoms with Gasteiger partial charge >= 0.3 is 0 Å². The number of carbonyl (C=O) groups is 1. The minimum absolute atomic E-state index is 0.0136. The van der Waals surface area contributed by atoms with Crippen LogP contribution in [0.3, 0.4) is 0 Å². The van der Waals surface area contributed by atoms with Crippen LogP contribution < -0.4 is 14.8 Å². The van der Waals surface area contributed by atoms with Crippen molar-refractivity contribution < 1.29 is 17.9 Å². The Morgan fingerprint density at radius 1 is 1.06 bits per heavy atom. The predicted molar refractivity (Wildman–Crippen MR) is 125 cm³/mol. The highest BCUT2D eigenvalue weighted by atomic mass is 32.2. The first kappa shape index (κ1) is 24.7. The normalized spacial score (nSPS) is 12.4. The molecule has 2 N–H and O–H groups in total. The molecule has 8 heteroatoms. The van der Waals surface area contributed by atoms with Crippen molar-refractivity contribution in [1.29, 1.82) is 0 Å². The van der Waals surface area contributed by atoms with Gasteiger partial charge in [0.2, 0.25) is 10.0 Å². The average Bonchev–Trinajstić information content (AvgIpc) is 2.76. The molecular weight excluding hydrogens is 414 g/mol. The van der Waals surface area contributed by atoms with Gasteiger partial charge in [0.25, 0.3) is 5.91 Å². The molecule has 0 spiro atoms. The number of rotatable bonds is 12. The van der Waals surface area contributed by atoms with Crippen LogP contribution in [0.1, 0.15) is 49.2 Å². The molecular formula is C23H33N3O4S. The third-order valence-corrected chi connectivity index (χ3v) is 6.55. The second-order valence-electron chi connectivity index (χ2n) is 7.23. The number of amides is 1. The zero-order chi connectivity index (χ0) is 22.9. The van der Waals surface area contributed by atoms with Crippen LogP contribution >= 0.6 is 0 Å². The van der Waals surface area contributed by atoms with Crippen LogP contribution in [0.5, 0.6) is 5.75 Å². The Balaban J connectivity index is 2.16. The van der Waals surface area contributed by atoms with Gasteiger partial charge in [0, 0.05) is 17.8 Å². The summed E-state index contributed by atoms with van der Waals surface area (Å²) in [5.41, 5.74) is 1.85. The number of sulfonamides is 1. The number of likely N-dealkylation sites (N-methyl/N-ethyl adjacent to an activating group) is 1. The number of anilines is 1. The van der Waals surface area contributed by atoms with Crippen molar-refractivity contribution >= 4 is 21.6 Å². The van der Waals surface area contributed by atoms with Crippen LogP contribution in [0, 0.1) is 0 Å². The van der Waals surface area contributed by atoms with E-state index >= 15 is 0 Å². The summed E-state index contributed by atoms with van der Waals surface area (Å²) in [7, 11) is -1.78. The van der Waals surface area contributed by atoms with Gasteiger partial charge in [0.05, 0.1) is 18.9 Å². The van der Waals surface area contributed by atoms with Crippen molar-refractivity contribution in [2.24, 2.45) is 0 Å². The number of nitrogens with one attached hydrogen (secondary N) is 2. The molecule has 7 nitrogen and oxygen atoms in total. The topological polar surface area (TPSA) is 87.7 Å². The van der Waals surface area contributed by atoms with Crippen LogP contribution in [0.15, 0.2) is 48.5 Å². The summed E-state index contributed by atoms with van der Waals surface area (Å²) in [5, 5.41) is 3.00. The molecule has 0 heterocycles. The highest BCUT2D eigenvalue weighted by Crippen LogP contribution is 2.24. The molecule has 2 aromatic carbocycles. The fraction of sp³-hybridized carbons (Fsp3) is 0.435. The lowest BCUT2D eigenvalue weighted by Gasteiger charge is -2.30. The van der Waals surface area contributed by atoms with Crippen molar-refractivity contribution in [3.05, 3.63) is 59.7 Å². The second-order valence-corrected chi connectivity index (χ2v) is 9.07. The number of benzene rings is 2. The van der Waals surface area contributed by atoms with Crippen molar-refractivity contribution in [3.8, 4) is 5.75 Å². The molecule has 0 saturated heterocycles. The molecule has 31 heavy (non-hydrogen) atoms. The Labute approximate surface area is 185 Å². The summed E-state index contributed by atoms with van der Waals surface area (Å²) in [6.07, 6.45) is 0.520. The van der Waals surface area contributed by atoms with Gasteiger partial charge in [-0.1, -0.05) is 39.0 Å². The van der Waals surface area contributed by atoms with Gasteiger partial charge in [-0.05, 0) is 55.4 Å². The van der Waals surface area contributed by atoms with Crippen molar-refractivity contribution in [3.63, 3.8) is 0 Å². The summed E-state index contributed by atoms with van der Waals surface area (Å²) < 4.78 is 31.9. The van der Waals surface area contributed by atoms with Crippen LogP contribution in [0.2, 0.25) is 0 Å². The van der Waals surface area contributed by atoms with E-state index in [2.05, 4.69) is 28.8 Å². The third-order valence-electron chi connectivity index (χ3n) is 5.06. The van der Waals surface area contributed by atoms with Crippen LogP contribution in [0.4, 0.5) is 5.69 Å². The van der Waals surface area contributed by atoms with Crippen LogP contribution in [-0.2, 0) is 10.0 Å². The molecule has 0 aliphatic rings. The minimum atomic E-state index is -3.41. The smallest absolute Gasteiger partial charge is 0.251 e. The van der Waals surface area contributed by atoms with Crippen LogP contribution in [-0.4, -0.2) is 51.7 Å². The maximum absolute atomic E-state index is 12.8. The van der Waals surface area contributed by atoms with E-state index in [1.165, 1.54) is 0 Å². The molecule has 0 bridgehead atoms. The first-order valence-electron chi connectivity index (χ1n) is 10.6. The van der Waals surface area contributed by atoms with Gasteiger partial charge in [-0.15, -0.1) is 0 Å². The van der Waals surface area contributed by atoms with Gasteiger partial charge in [-0.3, -0.25) is 14.4 Å². The van der Waals surface area contributed by atoms with E-state index in [0.717, 1.165) is 24.4 Å². The number of nitrogens with zero attached hydrogens (tertiary/aromatic N) is 1. The molecule has 1 amide bonds. The zero-order valence-corrected chi connectivity index (χ0v) is 19.5. The quantitative estimate of drug-likeness (QED) is 0.518. The van der Waals surface area contributed by atoms with Gasteiger partial charge in [0.1, 0.15) is 5.75 Å². The molecule has 2 aromatic rings. The Morgan fingerprint density at radius 3 is 2.42 bits per heavy atom. The predicted octanol–water partition coefficient (Wildman–Crippen LogP) is 3.66. The van der Waals surface area contributed by atoms with Gasteiger partial charge < -0.3 is 10.1 Å². The van der Waals surface area contributed by atoms with E-state index < -0.39 is 10.0 Å². The van der Waals surface area contributed by atoms with Crippen LogP contribution in [0.25, 0.3) is 0 Å². The van der Waals surface area contributed by atoms with Gasteiger partial charge in [0.15, 0.2) is 0 Å². The maximum Gasteiger partial charge on any atom is 0.251 e. The number of methoxy groups -OCH3 is 1. The lowest BCUT2D eigenvalue weighted by molar-refractivity contribution is 0.0935. The molecule has 0 aromatic heterocycles. The monoisotopic (exact) mass is 447 g/mol. The fourth-order valence-corrected chi connectivity index (χ4v) is 4.61. The minimum Gasteiger partial charge on any atom is -0.497 e. The standard InChI is InChI=1S/C23H33N3O4S/c1-5-14-31(28,29)25-20-12-8-11-19(15-20)23(27)24-17-22(26(6-2)7-3)18-10-9-13-21(16-18)30-4/h8-13,15-16,22,25H,5-7,14,17H2,1-4H3,(H,24,27)/t22-/m1/s1. The summed E-state index contributed by atoms with van der Waals surface area (Å²) in [5.74, 6) is 0.555. The second kappa shape index (κ2) is 11.7. The number of hydrogen-bond donors (Lipinski definition) is 2. The van der Waals surface area contributed by atoms with E-state index in [1.807, 2.05) is 24.3 Å². The van der Waals surface area contributed by atoms with E-state index in [-0.39, 0.29) is 17.7 Å². The summed E-state index contributed by atoms with van der Waals surface area (Å²) in [6, 6.07) is 14.4. The van der Waals surface area contributed by atoms with Gasteiger partial charge in [-0.25, -0.2) is 8.42 Å². The lowest BCUT2D eigenvalue weighted by atomic mass is 10.0. The molecule has 170 valence electrons. The van der Waals surface area contributed by atoms with Crippen molar-refractivity contribution in [1.82, 2.24) is 10.2 Å².